The van der Waals surface area contributed by atoms with Crippen LogP contribution in [-0.4, -0.2) is 25.0 Å². The highest BCUT2D eigenvalue weighted by Crippen LogP contribution is 2.24. The second kappa shape index (κ2) is 8.58. The number of furan rings is 1. The highest BCUT2D eigenvalue weighted by atomic mass is 32.2. The summed E-state index contributed by atoms with van der Waals surface area (Å²) in [5, 5.41) is 3.81. The summed E-state index contributed by atoms with van der Waals surface area (Å²) < 4.78 is 22.8. The zero-order chi connectivity index (χ0) is 21.1. The van der Waals surface area contributed by atoms with Crippen LogP contribution in [0.1, 0.15) is 33.7 Å². The van der Waals surface area contributed by atoms with Crippen molar-refractivity contribution in [3.63, 3.8) is 0 Å². The SMILES string of the molecule is Cn1ccnc1SCc1ccc(C(=O)NC(c2ccc(F)cc2)c2nccn2C)o1. The van der Waals surface area contributed by atoms with Gasteiger partial charge in [-0.15, -0.1) is 0 Å². The largest absolute Gasteiger partial charge is 0.455 e. The molecule has 9 heteroatoms. The van der Waals surface area contributed by atoms with Crippen LogP contribution in [0.3, 0.4) is 0 Å². The van der Waals surface area contributed by atoms with Crippen molar-refractivity contribution < 1.29 is 13.6 Å². The van der Waals surface area contributed by atoms with Crippen molar-refractivity contribution in [2.75, 3.05) is 0 Å². The predicted octanol–water partition coefficient (Wildman–Crippen LogP) is 3.70. The highest BCUT2D eigenvalue weighted by molar-refractivity contribution is 7.98. The fraction of sp³-hybridized carbons (Fsp3) is 0.190. The first-order valence-corrected chi connectivity index (χ1v) is 10.2. The number of hydrogen-bond acceptors (Lipinski definition) is 5. The molecule has 3 aromatic heterocycles. The van der Waals surface area contributed by atoms with Crippen molar-refractivity contribution in [1.82, 2.24) is 24.4 Å². The molecule has 0 aliphatic carbocycles. The number of hydrogen-bond donors (Lipinski definition) is 1. The Morgan fingerprint density at radius 2 is 1.83 bits per heavy atom. The topological polar surface area (TPSA) is 77.9 Å². The van der Waals surface area contributed by atoms with E-state index in [-0.39, 0.29) is 17.5 Å². The summed E-state index contributed by atoms with van der Waals surface area (Å²) >= 11 is 1.52. The molecular weight excluding hydrogens is 405 g/mol. The van der Waals surface area contributed by atoms with Crippen LogP contribution in [0.5, 0.6) is 0 Å². The van der Waals surface area contributed by atoms with Gasteiger partial charge in [0.1, 0.15) is 23.4 Å². The molecule has 0 saturated carbocycles. The second-order valence-electron chi connectivity index (χ2n) is 6.73. The number of carbonyl (C=O) groups excluding carboxylic acids is 1. The Labute approximate surface area is 176 Å². The summed E-state index contributed by atoms with van der Waals surface area (Å²) in [6, 6.07) is 8.85. The Morgan fingerprint density at radius 1 is 1.10 bits per heavy atom. The fourth-order valence-corrected chi connectivity index (χ4v) is 3.84. The normalized spacial score (nSPS) is 12.1. The van der Waals surface area contributed by atoms with E-state index in [4.69, 9.17) is 4.42 Å². The quantitative estimate of drug-likeness (QED) is 0.457. The molecular formula is C21H20FN5O2S. The minimum Gasteiger partial charge on any atom is -0.455 e. The second-order valence-corrected chi connectivity index (χ2v) is 7.67. The number of nitrogens with one attached hydrogen (secondary N) is 1. The third-order valence-corrected chi connectivity index (χ3v) is 5.68. The first-order chi connectivity index (χ1) is 14.5. The van der Waals surface area contributed by atoms with E-state index < -0.39 is 6.04 Å². The van der Waals surface area contributed by atoms with Crippen LogP contribution in [0, 0.1) is 5.82 Å². The number of thioether (sulfide) groups is 1. The summed E-state index contributed by atoms with van der Waals surface area (Å²) in [5.41, 5.74) is 0.719. The standard InChI is InChI=1S/C21H20FN5O2S/c1-26-11-9-23-19(26)18(14-3-5-15(22)6-4-14)25-20(28)17-8-7-16(29-17)13-30-21-24-10-12-27(21)2/h3-12,18H,13H2,1-2H3,(H,25,28). The number of rotatable bonds is 7. The lowest BCUT2D eigenvalue weighted by Crippen LogP contribution is -2.30. The van der Waals surface area contributed by atoms with Gasteiger partial charge in [-0.25, -0.2) is 14.4 Å². The lowest BCUT2D eigenvalue weighted by Gasteiger charge is -2.18. The van der Waals surface area contributed by atoms with Crippen molar-refractivity contribution in [3.05, 3.63) is 89.9 Å². The minimum atomic E-state index is -0.548. The predicted molar refractivity (Wildman–Crippen MR) is 110 cm³/mol. The van der Waals surface area contributed by atoms with Gasteiger partial charge < -0.3 is 18.9 Å². The van der Waals surface area contributed by atoms with E-state index >= 15 is 0 Å². The maximum atomic E-state index is 13.4. The van der Waals surface area contributed by atoms with E-state index in [0.717, 1.165) is 10.7 Å². The molecule has 1 amide bonds. The first-order valence-electron chi connectivity index (χ1n) is 9.23. The van der Waals surface area contributed by atoms with Crippen LogP contribution in [0.2, 0.25) is 0 Å². The van der Waals surface area contributed by atoms with Crippen molar-refractivity contribution >= 4 is 17.7 Å². The van der Waals surface area contributed by atoms with Gasteiger partial charge in [0.05, 0.1) is 5.75 Å². The molecule has 4 rings (SSSR count). The number of carbonyl (C=O) groups is 1. The van der Waals surface area contributed by atoms with Gasteiger partial charge >= 0.3 is 0 Å². The van der Waals surface area contributed by atoms with Gasteiger partial charge in [-0.3, -0.25) is 4.79 Å². The van der Waals surface area contributed by atoms with Gasteiger partial charge in [0.15, 0.2) is 10.9 Å². The third-order valence-electron chi connectivity index (χ3n) is 4.60. The molecule has 3 heterocycles. The van der Waals surface area contributed by atoms with E-state index in [2.05, 4.69) is 15.3 Å². The Balaban J connectivity index is 1.50. The molecule has 0 bridgehead atoms. The van der Waals surface area contributed by atoms with Crippen molar-refractivity contribution in [2.24, 2.45) is 14.1 Å². The minimum absolute atomic E-state index is 0.201. The molecule has 1 unspecified atom stereocenters. The Morgan fingerprint density at radius 3 is 2.50 bits per heavy atom. The Bertz CT molecular complexity index is 1150. The maximum absolute atomic E-state index is 13.4. The Hall–Kier alpha value is -3.33. The lowest BCUT2D eigenvalue weighted by atomic mass is 10.1. The number of imidazole rings is 2. The van der Waals surface area contributed by atoms with E-state index in [1.807, 2.05) is 29.4 Å². The molecule has 0 radical (unpaired) electrons. The Kier molecular flexibility index (Phi) is 5.71. The number of amides is 1. The average Bonchev–Trinajstić information content (AvgIpc) is 3.47. The molecule has 0 saturated heterocycles. The van der Waals surface area contributed by atoms with Crippen LogP contribution < -0.4 is 5.32 Å². The van der Waals surface area contributed by atoms with Gasteiger partial charge in [0.2, 0.25) is 0 Å². The summed E-state index contributed by atoms with van der Waals surface area (Å²) in [6.45, 7) is 0. The first kappa shape index (κ1) is 20.0. The van der Waals surface area contributed by atoms with Crippen LogP contribution >= 0.6 is 11.8 Å². The van der Waals surface area contributed by atoms with Gasteiger partial charge in [0, 0.05) is 38.9 Å². The van der Waals surface area contributed by atoms with E-state index in [0.29, 0.717) is 17.3 Å². The van der Waals surface area contributed by atoms with Crippen LogP contribution in [0.25, 0.3) is 0 Å². The van der Waals surface area contributed by atoms with E-state index in [9.17, 15) is 9.18 Å². The summed E-state index contributed by atoms with van der Waals surface area (Å²) in [7, 11) is 3.76. The number of aryl methyl sites for hydroxylation is 2. The average molecular weight is 425 g/mol. The van der Waals surface area contributed by atoms with Gasteiger partial charge in [-0.2, -0.15) is 0 Å². The van der Waals surface area contributed by atoms with Crippen molar-refractivity contribution in [2.45, 2.75) is 17.0 Å². The third kappa shape index (κ3) is 4.30. The molecule has 1 aromatic carbocycles. The van der Waals surface area contributed by atoms with Gasteiger partial charge in [-0.05, 0) is 29.8 Å². The van der Waals surface area contributed by atoms with Gasteiger partial charge in [-0.1, -0.05) is 23.9 Å². The molecule has 7 nitrogen and oxygen atoms in total. The highest BCUT2D eigenvalue weighted by Gasteiger charge is 2.23. The molecule has 0 aliphatic heterocycles. The van der Waals surface area contributed by atoms with E-state index in [1.54, 1.807) is 42.9 Å². The maximum Gasteiger partial charge on any atom is 0.287 e. The molecule has 0 spiro atoms. The number of benzene rings is 1. The molecule has 4 aromatic rings. The van der Waals surface area contributed by atoms with E-state index in [1.165, 1.54) is 23.9 Å². The monoisotopic (exact) mass is 425 g/mol. The summed E-state index contributed by atoms with van der Waals surface area (Å²) in [4.78, 5) is 21.5. The molecule has 154 valence electrons. The number of halogens is 1. The van der Waals surface area contributed by atoms with Crippen molar-refractivity contribution in [1.29, 1.82) is 0 Å². The molecule has 30 heavy (non-hydrogen) atoms. The molecule has 1 N–H and O–H groups in total. The smallest absolute Gasteiger partial charge is 0.287 e. The zero-order valence-electron chi connectivity index (χ0n) is 16.4. The summed E-state index contributed by atoms with van der Waals surface area (Å²) in [6.07, 6.45) is 7.04. The number of aromatic nitrogens is 4. The van der Waals surface area contributed by atoms with Gasteiger partial charge in [0.25, 0.3) is 5.91 Å². The van der Waals surface area contributed by atoms with Crippen molar-refractivity contribution in [3.8, 4) is 0 Å². The lowest BCUT2D eigenvalue weighted by molar-refractivity contribution is 0.0912. The molecule has 0 fully saturated rings. The fourth-order valence-electron chi connectivity index (χ4n) is 3.01. The zero-order valence-corrected chi connectivity index (χ0v) is 17.3. The van der Waals surface area contributed by atoms with Crippen LogP contribution in [0.4, 0.5) is 4.39 Å². The number of nitrogens with zero attached hydrogens (tertiary/aromatic N) is 4. The van der Waals surface area contributed by atoms with Crippen LogP contribution in [-0.2, 0) is 19.8 Å². The summed E-state index contributed by atoms with van der Waals surface area (Å²) in [5.74, 6) is 1.34. The molecule has 1 atom stereocenters. The van der Waals surface area contributed by atoms with Crippen LogP contribution in [0.15, 0.2) is 70.8 Å². The molecule has 0 aliphatic rings.